The summed E-state index contributed by atoms with van der Waals surface area (Å²) in [5, 5.41) is 0. The highest BCUT2D eigenvalue weighted by atomic mass is 32.1. The van der Waals surface area contributed by atoms with Gasteiger partial charge in [0, 0.05) is 32.0 Å². The summed E-state index contributed by atoms with van der Waals surface area (Å²) in [6, 6.07) is 0. The van der Waals surface area contributed by atoms with Crippen molar-refractivity contribution >= 4 is 23.1 Å². The summed E-state index contributed by atoms with van der Waals surface area (Å²) < 4.78 is 0. The Morgan fingerprint density at radius 2 is 1.79 bits per heavy atom. The molecular formula is C14H27N3OS. The smallest absolute Gasteiger partial charge is 0.225 e. The zero-order chi connectivity index (χ0) is 14.3. The number of likely N-dealkylation sites (N-methyl/N-ethyl adjacent to an activating group) is 1. The third kappa shape index (κ3) is 6.34. The molecule has 0 aromatic rings. The van der Waals surface area contributed by atoms with Crippen LogP contribution in [0.4, 0.5) is 0 Å². The Morgan fingerprint density at radius 1 is 1.16 bits per heavy atom. The van der Waals surface area contributed by atoms with Gasteiger partial charge in [-0.15, -0.1) is 0 Å². The fourth-order valence-electron chi connectivity index (χ4n) is 2.51. The molecule has 4 nitrogen and oxygen atoms in total. The van der Waals surface area contributed by atoms with Crippen molar-refractivity contribution in [3.05, 3.63) is 0 Å². The molecular weight excluding hydrogens is 258 g/mol. The van der Waals surface area contributed by atoms with Crippen LogP contribution in [0.1, 0.15) is 38.5 Å². The molecule has 0 saturated heterocycles. The lowest BCUT2D eigenvalue weighted by molar-refractivity contribution is -0.136. The normalized spacial score (nSPS) is 16.6. The van der Waals surface area contributed by atoms with Crippen LogP contribution in [0.15, 0.2) is 0 Å². The van der Waals surface area contributed by atoms with Gasteiger partial charge in [-0.25, -0.2) is 0 Å². The number of amides is 1. The molecule has 0 bridgehead atoms. The SMILES string of the molecule is CN(C)CCN(CCC(N)=S)C(=O)C1CCCCC1. The van der Waals surface area contributed by atoms with Gasteiger partial charge in [0.25, 0.3) is 0 Å². The minimum absolute atomic E-state index is 0.224. The summed E-state index contributed by atoms with van der Waals surface area (Å²) in [5.41, 5.74) is 5.56. The van der Waals surface area contributed by atoms with E-state index in [0.717, 1.165) is 25.9 Å². The third-order valence-corrected chi connectivity index (χ3v) is 3.92. The summed E-state index contributed by atoms with van der Waals surface area (Å²) >= 11 is 4.92. The minimum Gasteiger partial charge on any atom is -0.393 e. The van der Waals surface area contributed by atoms with E-state index in [2.05, 4.69) is 4.90 Å². The molecule has 0 spiro atoms. The van der Waals surface area contributed by atoms with Crippen molar-refractivity contribution in [1.29, 1.82) is 0 Å². The van der Waals surface area contributed by atoms with E-state index in [4.69, 9.17) is 18.0 Å². The minimum atomic E-state index is 0.224. The highest BCUT2D eigenvalue weighted by molar-refractivity contribution is 7.80. The van der Waals surface area contributed by atoms with Gasteiger partial charge < -0.3 is 15.5 Å². The van der Waals surface area contributed by atoms with Gasteiger partial charge in [0.15, 0.2) is 0 Å². The lowest BCUT2D eigenvalue weighted by Crippen LogP contribution is -2.42. The van der Waals surface area contributed by atoms with Gasteiger partial charge >= 0.3 is 0 Å². The van der Waals surface area contributed by atoms with Gasteiger partial charge in [-0.3, -0.25) is 4.79 Å². The number of hydrogen-bond donors (Lipinski definition) is 1. The topological polar surface area (TPSA) is 49.6 Å². The third-order valence-electron chi connectivity index (χ3n) is 3.71. The largest absolute Gasteiger partial charge is 0.393 e. The van der Waals surface area contributed by atoms with E-state index in [1.165, 1.54) is 19.3 Å². The van der Waals surface area contributed by atoms with E-state index in [0.29, 0.717) is 23.9 Å². The molecule has 0 aromatic heterocycles. The van der Waals surface area contributed by atoms with Crippen LogP contribution in [0, 0.1) is 5.92 Å². The molecule has 0 unspecified atom stereocenters. The van der Waals surface area contributed by atoms with Crippen molar-refractivity contribution in [3.63, 3.8) is 0 Å². The van der Waals surface area contributed by atoms with E-state index in [1.807, 2.05) is 19.0 Å². The van der Waals surface area contributed by atoms with Crippen molar-refractivity contribution in [2.75, 3.05) is 33.7 Å². The maximum absolute atomic E-state index is 12.5. The summed E-state index contributed by atoms with van der Waals surface area (Å²) in [6.07, 6.45) is 6.37. The van der Waals surface area contributed by atoms with Crippen LogP contribution in [0.3, 0.4) is 0 Å². The van der Waals surface area contributed by atoms with Crippen molar-refractivity contribution in [2.24, 2.45) is 11.7 Å². The van der Waals surface area contributed by atoms with Crippen LogP contribution in [0.5, 0.6) is 0 Å². The Balaban J connectivity index is 2.53. The summed E-state index contributed by atoms with van der Waals surface area (Å²) in [7, 11) is 4.05. The zero-order valence-corrected chi connectivity index (χ0v) is 13.0. The monoisotopic (exact) mass is 285 g/mol. The highest BCUT2D eigenvalue weighted by Crippen LogP contribution is 2.25. The lowest BCUT2D eigenvalue weighted by atomic mass is 9.88. The van der Waals surface area contributed by atoms with E-state index in [-0.39, 0.29) is 5.92 Å². The second kappa shape index (κ2) is 8.48. The van der Waals surface area contributed by atoms with Crippen LogP contribution in [0.2, 0.25) is 0 Å². The first kappa shape index (κ1) is 16.4. The van der Waals surface area contributed by atoms with Gasteiger partial charge in [-0.1, -0.05) is 31.5 Å². The van der Waals surface area contributed by atoms with Gasteiger partial charge in [0.1, 0.15) is 0 Å². The average Bonchev–Trinajstić information content (AvgIpc) is 2.38. The van der Waals surface area contributed by atoms with E-state index < -0.39 is 0 Å². The quantitative estimate of drug-likeness (QED) is 0.722. The lowest BCUT2D eigenvalue weighted by Gasteiger charge is -2.30. The first-order chi connectivity index (χ1) is 9.00. The molecule has 5 heteroatoms. The molecule has 19 heavy (non-hydrogen) atoms. The molecule has 0 radical (unpaired) electrons. The summed E-state index contributed by atoms with van der Waals surface area (Å²) in [5.74, 6) is 0.528. The molecule has 0 aliphatic heterocycles. The molecule has 1 aliphatic carbocycles. The Labute approximate surface area is 122 Å². The second-order valence-electron chi connectivity index (χ2n) is 5.68. The maximum atomic E-state index is 12.5. The Hall–Kier alpha value is -0.680. The van der Waals surface area contributed by atoms with Crippen LogP contribution in [-0.4, -0.2) is 54.4 Å². The first-order valence-corrected chi connectivity index (χ1v) is 7.63. The Bertz CT molecular complexity index is 301. The maximum Gasteiger partial charge on any atom is 0.225 e. The van der Waals surface area contributed by atoms with Gasteiger partial charge in [0.05, 0.1) is 4.99 Å². The molecule has 2 N–H and O–H groups in total. The molecule has 1 rings (SSSR count). The molecule has 1 fully saturated rings. The number of nitrogens with two attached hydrogens (primary N) is 1. The predicted octanol–water partition coefficient (Wildman–Crippen LogP) is 1.63. The van der Waals surface area contributed by atoms with Gasteiger partial charge in [-0.05, 0) is 26.9 Å². The van der Waals surface area contributed by atoms with Gasteiger partial charge in [0.2, 0.25) is 5.91 Å². The molecule has 0 atom stereocenters. The fraction of sp³-hybridized carbons (Fsp3) is 0.857. The van der Waals surface area contributed by atoms with E-state index in [1.54, 1.807) is 0 Å². The van der Waals surface area contributed by atoms with Crippen molar-refractivity contribution < 1.29 is 4.79 Å². The van der Waals surface area contributed by atoms with Crippen LogP contribution < -0.4 is 5.73 Å². The van der Waals surface area contributed by atoms with Crippen molar-refractivity contribution in [3.8, 4) is 0 Å². The van der Waals surface area contributed by atoms with Crippen LogP contribution in [-0.2, 0) is 4.79 Å². The highest BCUT2D eigenvalue weighted by Gasteiger charge is 2.25. The van der Waals surface area contributed by atoms with E-state index in [9.17, 15) is 4.79 Å². The number of carbonyl (C=O) groups excluding carboxylic acids is 1. The van der Waals surface area contributed by atoms with Crippen molar-refractivity contribution in [1.82, 2.24) is 9.80 Å². The standard InChI is InChI=1S/C14H27N3OS/c1-16(2)10-11-17(9-8-13(15)19)14(18)12-6-4-3-5-7-12/h12H,3-11H2,1-2H3,(H2,15,19). The number of rotatable bonds is 7. The number of carbonyl (C=O) groups is 1. The predicted molar refractivity (Wildman–Crippen MR) is 83.1 cm³/mol. The molecule has 110 valence electrons. The summed E-state index contributed by atoms with van der Waals surface area (Å²) in [4.78, 5) is 17.1. The second-order valence-corrected chi connectivity index (χ2v) is 6.20. The molecule has 0 heterocycles. The average molecular weight is 285 g/mol. The Morgan fingerprint density at radius 3 is 2.32 bits per heavy atom. The molecule has 0 aromatic carbocycles. The van der Waals surface area contributed by atoms with Crippen molar-refractivity contribution in [2.45, 2.75) is 38.5 Å². The van der Waals surface area contributed by atoms with Crippen LogP contribution >= 0.6 is 12.2 Å². The molecule has 1 saturated carbocycles. The first-order valence-electron chi connectivity index (χ1n) is 7.22. The summed E-state index contributed by atoms with van der Waals surface area (Å²) in [6.45, 7) is 2.32. The van der Waals surface area contributed by atoms with Gasteiger partial charge in [-0.2, -0.15) is 0 Å². The number of hydrogen-bond acceptors (Lipinski definition) is 3. The number of thiocarbonyl (C=S) groups is 1. The number of nitrogens with zero attached hydrogens (tertiary/aromatic N) is 2. The van der Waals surface area contributed by atoms with Crippen LogP contribution in [0.25, 0.3) is 0 Å². The fourth-order valence-corrected chi connectivity index (χ4v) is 2.60. The molecule has 1 amide bonds. The zero-order valence-electron chi connectivity index (χ0n) is 12.2. The Kier molecular flexibility index (Phi) is 7.31. The molecule has 1 aliphatic rings. The van der Waals surface area contributed by atoms with E-state index >= 15 is 0 Å².